The molecule has 0 fully saturated rings. The number of carbonyl (C=O) groups excluding carboxylic acids is 1. The van der Waals surface area contributed by atoms with E-state index in [4.69, 9.17) is 5.73 Å². The lowest BCUT2D eigenvalue weighted by atomic mass is 9.99. The molecule has 4 nitrogen and oxygen atoms in total. The zero-order chi connectivity index (χ0) is 13.8. The lowest BCUT2D eigenvalue weighted by Crippen LogP contribution is -2.47. The van der Waals surface area contributed by atoms with Crippen LogP contribution < -0.4 is 10.6 Å². The lowest BCUT2D eigenvalue weighted by Gasteiger charge is -2.26. The number of nitrogens with zero attached hydrogens (tertiary/aromatic N) is 1. The number of anilines is 1. The van der Waals surface area contributed by atoms with Crippen molar-refractivity contribution in [3.8, 4) is 0 Å². The van der Waals surface area contributed by atoms with Gasteiger partial charge >= 0.3 is 5.97 Å². The highest BCUT2D eigenvalue weighted by atomic mass is 16.5. The molecular formula is C14H22N2O2. The van der Waals surface area contributed by atoms with Gasteiger partial charge in [-0.2, -0.15) is 0 Å². The Bertz CT molecular complexity index is 416. The molecule has 0 aliphatic rings. The topological polar surface area (TPSA) is 55.6 Å². The second-order valence-corrected chi connectivity index (χ2v) is 4.92. The van der Waals surface area contributed by atoms with Crippen LogP contribution in [0.25, 0.3) is 0 Å². The fraction of sp³-hybridized carbons (Fsp3) is 0.500. The van der Waals surface area contributed by atoms with Gasteiger partial charge in [-0.15, -0.1) is 0 Å². The van der Waals surface area contributed by atoms with E-state index in [1.807, 2.05) is 19.2 Å². The third kappa shape index (κ3) is 3.74. The van der Waals surface area contributed by atoms with Gasteiger partial charge in [0.05, 0.1) is 7.11 Å². The van der Waals surface area contributed by atoms with Gasteiger partial charge in [0, 0.05) is 19.3 Å². The van der Waals surface area contributed by atoms with E-state index in [1.54, 1.807) is 6.92 Å². The van der Waals surface area contributed by atoms with Crippen molar-refractivity contribution in [3.05, 3.63) is 29.8 Å². The zero-order valence-corrected chi connectivity index (χ0v) is 11.6. The minimum atomic E-state index is -0.938. The van der Waals surface area contributed by atoms with Crippen LogP contribution in [0.15, 0.2) is 24.3 Å². The first-order valence-corrected chi connectivity index (χ1v) is 6.02. The van der Waals surface area contributed by atoms with Crippen LogP contribution in [0.5, 0.6) is 0 Å². The van der Waals surface area contributed by atoms with Crippen LogP contribution in [0.3, 0.4) is 0 Å². The molecule has 4 heteroatoms. The second-order valence-electron chi connectivity index (χ2n) is 4.92. The third-order valence-corrected chi connectivity index (χ3v) is 3.06. The molecule has 0 aliphatic carbocycles. The number of nitrogens with two attached hydrogens (primary N) is 1. The smallest absolute Gasteiger partial charge is 0.325 e. The molecule has 1 unspecified atom stereocenters. The quantitative estimate of drug-likeness (QED) is 0.808. The molecule has 100 valence electrons. The molecule has 0 saturated heterocycles. The number of hydrogen-bond donors (Lipinski definition) is 1. The molecule has 0 aromatic heterocycles. The van der Waals surface area contributed by atoms with Crippen molar-refractivity contribution < 1.29 is 9.53 Å². The summed E-state index contributed by atoms with van der Waals surface area (Å²) in [6.07, 6.45) is 0.546. The molecule has 0 radical (unpaired) electrons. The van der Waals surface area contributed by atoms with Crippen molar-refractivity contribution in [1.82, 2.24) is 0 Å². The van der Waals surface area contributed by atoms with E-state index in [0.29, 0.717) is 13.0 Å². The largest absolute Gasteiger partial charge is 0.468 e. The van der Waals surface area contributed by atoms with Crippen molar-refractivity contribution in [2.45, 2.75) is 25.8 Å². The predicted molar refractivity (Wildman–Crippen MR) is 73.7 cm³/mol. The van der Waals surface area contributed by atoms with Gasteiger partial charge in [-0.05, 0) is 38.0 Å². The monoisotopic (exact) mass is 250 g/mol. The summed E-state index contributed by atoms with van der Waals surface area (Å²) in [4.78, 5) is 13.6. The molecule has 0 saturated carbocycles. The number of hydrogen-bond acceptors (Lipinski definition) is 4. The third-order valence-electron chi connectivity index (χ3n) is 3.06. The summed E-state index contributed by atoms with van der Waals surface area (Å²) in [6, 6.07) is 8.22. The normalized spacial score (nSPS) is 13.8. The molecule has 2 N–H and O–H groups in total. The predicted octanol–water partition coefficient (Wildman–Crippen LogP) is 1.71. The number of methoxy groups -OCH3 is 1. The van der Waals surface area contributed by atoms with Crippen molar-refractivity contribution in [2.75, 3.05) is 25.6 Å². The summed E-state index contributed by atoms with van der Waals surface area (Å²) in [5, 5.41) is 0. The fourth-order valence-corrected chi connectivity index (χ4v) is 1.73. The highest BCUT2D eigenvalue weighted by molar-refractivity contribution is 5.79. The van der Waals surface area contributed by atoms with Crippen LogP contribution in [0.2, 0.25) is 0 Å². The van der Waals surface area contributed by atoms with E-state index >= 15 is 0 Å². The van der Waals surface area contributed by atoms with Gasteiger partial charge in [0.2, 0.25) is 0 Å². The summed E-state index contributed by atoms with van der Waals surface area (Å²) in [5.41, 5.74) is 7.32. The molecule has 0 spiro atoms. The Kier molecular flexibility index (Phi) is 4.73. The van der Waals surface area contributed by atoms with Gasteiger partial charge in [-0.25, -0.2) is 0 Å². The summed E-state index contributed by atoms with van der Waals surface area (Å²) in [7, 11) is 3.35. The first-order chi connectivity index (χ1) is 8.36. The Labute approximate surface area is 109 Å². The van der Waals surface area contributed by atoms with Crippen LogP contribution in [0.4, 0.5) is 5.69 Å². The average Bonchev–Trinajstić information content (AvgIpc) is 2.35. The summed E-state index contributed by atoms with van der Waals surface area (Å²) in [5.74, 6) is -0.375. The first kappa shape index (κ1) is 14.5. The molecule has 0 amide bonds. The molecular weight excluding hydrogens is 228 g/mol. The maximum atomic E-state index is 11.5. The molecule has 1 aromatic carbocycles. The number of aryl methyl sites for hydroxylation is 1. The highest BCUT2D eigenvalue weighted by Crippen LogP contribution is 2.16. The highest BCUT2D eigenvalue weighted by Gasteiger charge is 2.29. The van der Waals surface area contributed by atoms with E-state index in [1.165, 1.54) is 12.7 Å². The minimum Gasteiger partial charge on any atom is -0.468 e. The van der Waals surface area contributed by atoms with E-state index in [9.17, 15) is 4.79 Å². The fourth-order valence-electron chi connectivity index (χ4n) is 1.73. The molecule has 0 bridgehead atoms. The van der Waals surface area contributed by atoms with Crippen molar-refractivity contribution in [2.24, 2.45) is 5.73 Å². The zero-order valence-electron chi connectivity index (χ0n) is 11.6. The summed E-state index contributed by atoms with van der Waals surface area (Å²) >= 11 is 0. The van der Waals surface area contributed by atoms with Crippen LogP contribution in [0.1, 0.15) is 18.9 Å². The minimum absolute atomic E-state index is 0.375. The number of benzene rings is 1. The Morgan fingerprint density at radius 3 is 2.72 bits per heavy atom. The van der Waals surface area contributed by atoms with Crippen molar-refractivity contribution in [3.63, 3.8) is 0 Å². The Morgan fingerprint density at radius 1 is 1.50 bits per heavy atom. The van der Waals surface area contributed by atoms with E-state index in [2.05, 4.69) is 28.7 Å². The number of carbonyl (C=O) groups is 1. The van der Waals surface area contributed by atoms with E-state index in [0.717, 1.165) is 5.69 Å². The van der Waals surface area contributed by atoms with Crippen LogP contribution in [-0.4, -0.2) is 32.2 Å². The Morgan fingerprint density at radius 2 is 2.17 bits per heavy atom. The Balaban J connectivity index is 2.61. The lowest BCUT2D eigenvalue weighted by molar-refractivity contribution is -0.146. The first-order valence-electron chi connectivity index (χ1n) is 6.02. The van der Waals surface area contributed by atoms with Crippen LogP contribution in [-0.2, 0) is 9.53 Å². The number of esters is 1. The van der Waals surface area contributed by atoms with Crippen molar-refractivity contribution in [1.29, 1.82) is 0 Å². The molecule has 0 aliphatic heterocycles. The van der Waals surface area contributed by atoms with Gasteiger partial charge < -0.3 is 15.4 Å². The average molecular weight is 250 g/mol. The van der Waals surface area contributed by atoms with Gasteiger partial charge in [0.1, 0.15) is 5.54 Å². The van der Waals surface area contributed by atoms with E-state index < -0.39 is 5.54 Å². The molecule has 0 heterocycles. The van der Waals surface area contributed by atoms with Gasteiger partial charge in [0.25, 0.3) is 0 Å². The Hall–Kier alpha value is -1.55. The van der Waals surface area contributed by atoms with Gasteiger partial charge in [0.15, 0.2) is 0 Å². The standard InChI is InChI=1S/C14H22N2O2/c1-11-6-5-7-12(10-11)16(3)9-8-14(2,15)13(17)18-4/h5-7,10H,8-9,15H2,1-4H3. The molecule has 1 rings (SSSR count). The van der Waals surface area contributed by atoms with Crippen LogP contribution in [0, 0.1) is 6.92 Å². The van der Waals surface area contributed by atoms with Gasteiger partial charge in [-0.1, -0.05) is 12.1 Å². The number of ether oxygens (including phenoxy) is 1. The SMILES string of the molecule is COC(=O)C(C)(N)CCN(C)c1cccc(C)c1. The number of rotatable bonds is 5. The summed E-state index contributed by atoms with van der Waals surface area (Å²) < 4.78 is 4.69. The molecule has 1 atom stereocenters. The molecule has 1 aromatic rings. The van der Waals surface area contributed by atoms with Gasteiger partial charge in [-0.3, -0.25) is 4.79 Å². The maximum Gasteiger partial charge on any atom is 0.325 e. The molecule has 18 heavy (non-hydrogen) atoms. The summed E-state index contributed by atoms with van der Waals surface area (Å²) in [6.45, 7) is 4.45. The van der Waals surface area contributed by atoms with Crippen LogP contribution >= 0.6 is 0 Å². The second kappa shape index (κ2) is 5.87. The van der Waals surface area contributed by atoms with Crippen molar-refractivity contribution >= 4 is 11.7 Å². The maximum absolute atomic E-state index is 11.5. The van der Waals surface area contributed by atoms with E-state index in [-0.39, 0.29) is 5.97 Å².